The summed E-state index contributed by atoms with van der Waals surface area (Å²) in [6, 6.07) is 4.48. The number of alkyl halides is 3. The lowest BCUT2D eigenvalue weighted by Crippen LogP contribution is -2.46. The molecule has 2 fully saturated rings. The number of aromatic nitrogens is 2. The minimum atomic E-state index is -4.62. The molecule has 1 aliphatic heterocycles. The number of nitrogens with zero attached hydrogens (tertiary/aromatic N) is 2. The maximum absolute atomic E-state index is 13.7. The van der Waals surface area contributed by atoms with Crippen molar-refractivity contribution in [1.82, 2.24) is 14.9 Å². The fourth-order valence-corrected chi connectivity index (χ4v) is 4.12. The minimum absolute atomic E-state index is 0.00986. The second kappa shape index (κ2) is 9.36. The van der Waals surface area contributed by atoms with Gasteiger partial charge in [-0.1, -0.05) is 17.7 Å². The Morgan fingerprint density at radius 1 is 1.31 bits per heavy atom. The van der Waals surface area contributed by atoms with Crippen molar-refractivity contribution in [1.29, 1.82) is 0 Å². The number of hydrogen-bond donors (Lipinski definition) is 1. The molecule has 1 aliphatic carbocycles. The van der Waals surface area contributed by atoms with Crippen LogP contribution in [0.5, 0.6) is 0 Å². The lowest BCUT2D eigenvalue weighted by molar-refractivity contribution is -0.354. The van der Waals surface area contributed by atoms with Gasteiger partial charge in [0.1, 0.15) is 11.9 Å². The van der Waals surface area contributed by atoms with Gasteiger partial charge in [-0.2, -0.15) is 0 Å². The average molecular weight is 476 g/mol. The Kier molecular flexibility index (Phi) is 6.73. The highest BCUT2D eigenvalue weighted by Gasteiger charge is 2.40. The quantitative estimate of drug-likeness (QED) is 0.625. The lowest BCUT2D eigenvalue weighted by atomic mass is 9.82. The molecule has 0 unspecified atom stereocenters. The Bertz CT molecular complexity index is 954. The van der Waals surface area contributed by atoms with Gasteiger partial charge in [-0.05, 0) is 43.7 Å². The molecular formula is C21H22ClF4N3O3. The van der Waals surface area contributed by atoms with Gasteiger partial charge in [0.05, 0.1) is 35.8 Å². The zero-order valence-corrected chi connectivity index (χ0v) is 17.7. The van der Waals surface area contributed by atoms with Crippen LogP contribution in [0.25, 0.3) is 11.3 Å². The van der Waals surface area contributed by atoms with Gasteiger partial charge in [0, 0.05) is 18.3 Å². The molecule has 32 heavy (non-hydrogen) atoms. The molecule has 1 amide bonds. The fraction of sp³-hybridized carbons (Fsp3) is 0.524. The van der Waals surface area contributed by atoms with Crippen molar-refractivity contribution in [3.63, 3.8) is 0 Å². The normalized spacial score (nSPS) is 25.9. The second-order valence-corrected chi connectivity index (χ2v) is 8.56. The number of halogens is 5. The Labute approximate surface area is 186 Å². The Balaban J connectivity index is 1.21. The number of hydrogen-bond acceptors (Lipinski definition) is 4. The van der Waals surface area contributed by atoms with Crippen molar-refractivity contribution < 1.29 is 31.8 Å². The molecule has 0 spiro atoms. The molecular weight excluding hydrogens is 454 g/mol. The van der Waals surface area contributed by atoms with Crippen molar-refractivity contribution in [3.8, 4) is 11.3 Å². The van der Waals surface area contributed by atoms with Crippen LogP contribution >= 0.6 is 11.6 Å². The molecule has 4 rings (SSSR count). The predicted octanol–water partition coefficient (Wildman–Crippen LogP) is 4.49. The molecule has 1 aromatic heterocycles. The second-order valence-electron chi connectivity index (χ2n) is 8.16. The van der Waals surface area contributed by atoms with E-state index in [1.54, 1.807) is 18.6 Å². The van der Waals surface area contributed by atoms with Gasteiger partial charge in [0.15, 0.2) is 0 Å². The number of amides is 1. The smallest absolute Gasteiger partial charge is 0.366 e. The molecule has 1 N–H and O–H groups in total. The molecule has 0 bridgehead atoms. The first kappa shape index (κ1) is 23.0. The Morgan fingerprint density at radius 3 is 2.75 bits per heavy atom. The molecule has 174 valence electrons. The van der Waals surface area contributed by atoms with Gasteiger partial charge in [-0.15, -0.1) is 13.2 Å². The molecule has 1 saturated carbocycles. The van der Waals surface area contributed by atoms with Crippen LogP contribution in [0.1, 0.15) is 31.7 Å². The molecule has 11 heteroatoms. The van der Waals surface area contributed by atoms with Gasteiger partial charge >= 0.3 is 6.36 Å². The first-order chi connectivity index (χ1) is 15.2. The average Bonchev–Trinajstić information content (AvgIpc) is 3.21. The van der Waals surface area contributed by atoms with Gasteiger partial charge in [0.25, 0.3) is 0 Å². The van der Waals surface area contributed by atoms with E-state index in [1.165, 1.54) is 12.1 Å². The monoisotopic (exact) mass is 475 g/mol. The van der Waals surface area contributed by atoms with E-state index in [0.29, 0.717) is 37.3 Å². The van der Waals surface area contributed by atoms with E-state index >= 15 is 0 Å². The standard InChI is InChI=1S/C21H22ClF4N3O3/c22-16-3-1-13(7-17(16)23)18-9-29(11-28-18)14-2-4-19(31-10-14)20(30)27-8-12-5-15(6-12)32-21(24,25)26/h1,3,7,9,11-12,14-15,19H,2,4-6,8,10H2,(H,27,30)/t12-,14-,15+,19+/m0/s1. The summed E-state index contributed by atoms with van der Waals surface area (Å²) in [7, 11) is 0. The van der Waals surface area contributed by atoms with Crippen molar-refractivity contribution in [2.75, 3.05) is 13.2 Å². The summed E-state index contributed by atoms with van der Waals surface area (Å²) in [6.07, 6.45) is -0.860. The van der Waals surface area contributed by atoms with Crippen molar-refractivity contribution in [3.05, 3.63) is 41.6 Å². The molecule has 1 saturated heterocycles. The van der Waals surface area contributed by atoms with E-state index in [4.69, 9.17) is 16.3 Å². The Hall–Kier alpha value is -2.17. The molecule has 0 radical (unpaired) electrons. The Morgan fingerprint density at radius 2 is 2.09 bits per heavy atom. The van der Waals surface area contributed by atoms with E-state index < -0.39 is 24.4 Å². The molecule has 2 atom stereocenters. The predicted molar refractivity (Wildman–Crippen MR) is 107 cm³/mol. The van der Waals surface area contributed by atoms with Gasteiger partial charge in [-0.25, -0.2) is 9.37 Å². The van der Waals surface area contributed by atoms with Crippen LogP contribution in [-0.4, -0.2) is 47.2 Å². The summed E-state index contributed by atoms with van der Waals surface area (Å²) < 4.78 is 61.7. The number of nitrogens with one attached hydrogen (secondary N) is 1. The molecule has 2 heterocycles. The number of carbonyl (C=O) groups is 1. The zero-order chi connectivity index (χ0) is 22.9. The SMILES string of the molecule is O=C(NC[C@H]1C[C@@H](OC(F)(F)F)C1)[C@H]1CC[C@H](n2cnc(-c3ccc(Cl)c(F)c3)c2)CO1. The van der Waals surface area contributed by atoms with Crippen LogP contribution in [0, 0.1) is 11.7 Å². The number of imidazole rings is 1. The number of ether oxygens (including phenoxy) is 2. The van der Waals surface area contributed by atoms with Crippen LogP contribution in [0.15, 0.2) is 30.7 Å². The number of rotatable bonds is 6. The maximum atomic E-state index is 13.7. The van der Waals surface area contributed by atoms with Gasteiger partial charge in [-0.3, -0.25) is 9.53 Å². The van der Waals surface area contributed by atoms with Crippen molar-refractivity contribution in [2.45, 2.75) is 50.3 Å². The summed E-state index contributed by atoms with van der Waals surface area (Å²) in [5.74, 6) is -0.796. The summed E-state index contributed by atoms with van der Waals surface area (Å²) >= 11 is 5.72. The van der Waals surface area contributed by atoms with E-state index in [2.05, 4.69) is 15.0 Å². The summed E-state index contributed by atoms with van der Waals surface area (Å²) in [5.41, 5.74) is 1.22. The van der Waals surface area contributed by atoms with E-state index in [9.17, 15) is 22.4 Å². The van der Waals surface area contributed by atoms with Crippen LogP contribution < -0.4 is 5.32 Å². The molecule has 1 aromatic carbocycles. The van der Waals surface area contributed by atoms with E-state index in [0.717, 1.165) is 0 Å². The van der Waals surface area contributed by atoms with Crippen molar-refractivity contribution >= 4 is 17.5 Å². The third-order valence-electron chi connectivity index (χ3n) is 5.84. The topological polar surface area (TPSA) is 65.4 Å². The van der Waals surface area contributed by atoms with Crippen LogP contribution in [0.4, 0.5) is 17.6 Å². The highest BCUT2D eigenvalue weighted by Crippen LogP contribution is 2.34. The van der Waals surface area contributed by atoms with Crippen LogP contribution in [-0.2, 0) is 14.3 Å². The first-order valence-corrected chi connectivity index (χ1v) is 10.7. The highest BCUT2D eigenvalue weighted by atomic mass is 35.5. The minimum Gasteiger partial charge on any atom is -0.366 e. The van der Waals surface area contributed by atoms with Gasteiger partial charge < -0.3 is 14.6 Å². The van der Waals surface area contributed by atoms with E-state index in [1.807, 2.05) is 4.57 Å². The first-order valence-electron chi connectivity index (χ1n) is 10.3. The highest BCUT2D eigenvalue weighted by molar-refractivity contribution is 6.30. The number of benzene rings is 1. The van der Waals surface area contributed by atoms with Crippen LogP contribution in [0.2, 0.25) is 5.02 Å². The fourth-order valence-electron chi connectivity index (χ4n) is 4.01. The summed E-state index contributed by atoms with van der Waals surface area (Å²) in [6.45, 7) is 0.621. The third-order valence-corrected chi connectivity index (χ3v) is 6.15. The maximum Gasteiger partial charge on any atom is 0.522 e. The van der Waals surface area contributed by atoms with Crippen molar-refractivity contribution in [2.24, 2.45) is 5.92 Å². The molecule has 2 aromatic rings. The summed E-state index contributed by atoms with van der Waals surface area (Å²) in [5, 5.41) is 2.81. The largest absolute Gasteiger partial charge is 0.522 e. The zero-order valence-electron chi connectivity index (χ0n) is 16.9. The third kappa shape index (κ3) is 5.60. The number of carbonyl (C=O) groups excluding carboxylic acids is 1. The van der Waals surface area contributed by atoms with Crippen LogP contribution in [0.3, 0.4) is 0 Å². The van der Waals surface area contributed by atoms with E-state index in [-0.39, 0.29) is 35.7 Å². The lowest BCUT2D eigenvalue weighted by Gasteiger charge is -2.36. The van der Waals surface area contributed by atoms with Gasteiger partial charge in [0.2, 0.25) is 5.91 Å². The molecule has 2 aliphatic rings. The summed E-state index contributed by atoms with van der Waals surface area (Å²) in [4.78, 5) is 16.6. The molecule has 6 nitrogen and oxygen atoms in total.